The molecule has 2 unspecified atom stereocenters. The average Bonchev–Trinajstić information content (AvgIpc) is 3.13. The summed E-state index contributed by atoms with van der Waals surface area (Å²) in [6.07, 6.45) is -5.27. The van der Waals surface area contributed by atoms with Gasteiger partial charge in [0.2, 0.25) is 5.91 Å². The summed E-state index contributed by atoms with van der Waals surface area (Å²) in [4.78, 5) is 23.1. The van der Waals surface area contributed by atoms with E-state index in [0.29, 0.717) is 30.9 Å². The molecule has 0 saturated carbocycles. The highest BCUT2D eigenvalue weighted by molar-refractivity contribution is 8.15. The number of rotatable bonds is 13. The molecular formula is C23H25F3NO7PS. The summed E-state index contributed by atoms with van der Waals surface area (Å²) in [6, 6.07) is 12.4. The molecule has 1 heterocycles. The first kappa shape index (κ1) is 28.2. The Bertz CT molecular complexity index is 1020. The van der Waals surface area contributed by atoms with Crippen molar-refractivity contribution in [2.75, 3.05) is 19.8 Å². The van der Waals surface area contributed by atoms with Crippen LogP contribution in [0.25, 0.3) is 0 Å². The number of benzene rings is 2. The van der Waals surface area contributed by atoms with Crippen molar-refractivity contribution >= 4 is 31.5 Å². The lowest BCUT2D eigenvalue weighted by Crippen LogP contribution is -2.25. The molecule has 0 aliphatic carbocycles. The zero-order valence-corrected chi connectivity index (χ0v) is 21.2. The molecule has 13 heteroatoms. The number of hydrogen-bond donors (Lipinski definition) is 1. The largest absolute Gasteiger partial charge is 0.573 e. The van der Waals surface area contributed by atoms with Crippen molar-refractivity contribution in [1.29, 1.82) is 0 Å². The normalized spacial score (nSPS) is 16.8. The second-order valence-electron chi connectivity index (χ2n) is 7.32. The van der Waals surface area contributed by atoms with E-state index in [2.05, 4.69) is 10.1 Å². The molecule has 0 spiro atoms. The first-order chi connectivity index (χ1) is 17.2. The molecule has 0 bridgehead atoms. The van der Waals surface area contributed by atoms with E-state index in [-0.39, 0.29) is 23.5 Å². The third-order valence-electron chi connectivity index (χ3n) is 4.66. The number of halogens is 3. The number of alkyl halides is 3. The molecule has 1 N–H and O–H groups in total. The van der Waals surface area contributed by atoms with Crippen LogP contribution in [0, 0.1) is 0 Å². The van der Waals surface area contributed by atoms with Crippen LogP contribution in [0.5, 0.6) is 11.5 Å². The summed E-state index contributed by atoms with van der Waals surface area (Å²) in [7, 11) is -1.77. The quantitative estimate of drug-likeness (QED) is 0.309. The van der Waals surface area contributed by atoms with Gasteiger partial charge in [0.15, 0.2) is 0 Å². The molecule has 2 aromatic carbocycles. The number of hydrogen-bond acceptors (Lipinski definition) is 8. The zero-order chi connectivity index (χ0) is 26.1. The van der Waals surface area contributed by atoms with E-state index in [1.165, 1.54) is 18.2 Å². The third-order valence-corrected chi connectivity index (χ3v) is 7.00. The summed E-state index contributed by atoms with van der Waals surface area (Å²) in [6.45, 7) is 4.13. The Morgan fingerprint density at radius 3 is 2.31 bits per heavy atom. The standard InChI is InChI=1S/C23H25F3NO7PS/c1-3-31-35(32-4-2)34-19(16-6-5-7-18(13-16)33-23(24,25)26)14-30-17-10-8-15(9-11-17)12-20-21(28)27-22(29)36-20/h5-11,13,19-20H,3-4,12,14H2,1-2H3,(H,27,28,29). The second kappa shape index (κ2) is 13.3. The van der Waals surface area contributed by atoms with E-state index in [4.69, 9.17) is 18.3 Å². The number of imide groups is 1. The minimum absolute atomic E-state index is 0.0524. The highest BCUT2D eigenvalue weighted by Crippen LogP contribution is 2.45. The van der Waals surface area contributed by atoms with E-state index in [1.807, 2.05) is 0 Å². The van der Waals surface area contributed by atoms with Crippen LogP contribution < -0.4 is 14.8 Å². The first-order valence-electron chi connectivity index (χ1n) is 11.0. The van der Waals surface area contributed by atoms with Crippen LogP contribution in [0.3, 0.4) is 0 Å². The first-order valence-corrected chi connectivity index (χ1v) is 13.0. The van der Waals surface area contributed by atoms with Gasteiger partial charge in [-0.25, -0.2) is 0 Å². The van der Waals surface area contributed by atoms with Crippen LogP contribution in [0.15, 0.2) is 48.5 Å². The van der Waals surface area contributed by atoms with Gasteiger partial charge in [-0.15, -0.1) is 13.2 Å². The van der Waals surface area contributed by atoms with Crippen LogP contribution in [0.2, 0.25) is 0 Å². The molecule has 2 amide bonds. The van der Waals surface area contributed by atoms with E-state index in [1.54, 1.807) is 44.2 Å². The molecule has 196 valence electrons. The van der Waals surface area contributed by atoms with Gasteiger partial charge in [0.1, 0.15) is 24.2 Å². The molecule has 36 heavy (non-hydrogen) atoms. The van der Waals surface area contributed by atoms with E-state index < -0.39 is 26.3 Å². The van der Waals surface area contributed by atoms with Crippen LogP contribution in [-0.4, -0.2) is 42.6 Å². The molecule has 2 aromatic rings. The van der Waals surface area contributed by atoms with Gasteiger partial charge in [-0.2, -0.15) is 0 Å². The summed E-state index contributed by atoms with van der Waals surface area (Å²) in [5.74, 6) is -0.226. The lowest BCUT2D eigenvalue weighted by atomic mass is 10.1. The molecule has 1 aliphatic heterocycles. The minimum atomic E-state index is -4.83. The van der Waals surface area contributed by atoms with Crippen molar-refractivity contribution in [3.8, 4) is 11.5 Å². The highest BCUT2D eigenvalue weighted by atomic mass is 32.2. The molecule has 8 nitrogen and oxygen atoms in total. The topological polar surface area (TPSA) is 92.3 Å². The maximum Gasteiger partial charge on any atom is 0.573 e. The van der Waals surface area contributed by atoms with Crippen molar-refractivity contribution in [2.24, 2.45) is 0 Å². The number of thioether (sulfide) groups is 1. The molecule has 1 fully saturated rings. The monoisotopic (exact) mass is 547 g/mol. The number of carbonyl (C=O) groups is 2. The Labute approximate surface area is 211 Å². The fourth-order valence-corrected chi connectivity index (χ4v) is 5.02. The molecule has 0 radical (unpaired) electrons. The predicted octanol–water partition coefficient (Wildman–Crippen LogP) is 5.92. The van der Waals surface area contributed by atoms with Gasteiger partial charge < -0.3 is 23.0 Å². The van der Waals surface area contributed by atoms with Gasteiger partial charge in [0.25, 0.3) is 5.24 Å². The summed E-state index contributed by atoms with van der Waals surface area (Å²) in [5.41, 5.74) is 1.22. The van der Waals surface area contributed by atoms with Crippen molar-refractivity contribution in [3.05, 3.63) is 59.7 Å². The fraction of sp³-hybridized carbons (Fsp3) is 0.391. The van der Waals surface area contributed by atoms with Gasteiger partial charge in [-0.1, -0.05) is 36.0 Å². The molecule has 0 aromatic heterocycles. The Hall–Kier alpha value is -2.37. The SMILES string of the molecule is CCOP(OCC)OC(COc1ccc(CC2SC(=O)NC2=O)cc1)c1cccc(OC(F)(F)F)c1. The maximum absolute atomic E-state index is 12.7. The molecule has 1 aliphatic rings. The van der Waals surface area contributed by atoms with Gasteiger partial charge in [0.05, 0.1) is 18.5 Å². The van der Waals surface area contributed by atoms with Crippen molar-refractivity contribution in [1.82, 2.24) is 5.32 Å². The number of ether oxygens (including phenoxy) is 2. The molecule has 1 saturated heterocycles. The molecule has 3 rings (SSSR count). The minimum Gasteiger partial charge on any atom is -0.491 e. The lowest BCUT2D eigenvalue weighted by molar-refractivity contribution is -0.274. The van der Waals surface area contributed by atoms with E-state index >= 15 is 0 Å². The Balaban J connectivity index is 1.70. The Morgan fingerprint density at radius 1 is 1.03 bits per heavy atom. The lowest BCUT2D eigenvalue weighted by Gasteiger charge is -2.24. The predicted molar refractivity (Wildman–Crippen MR) is 128 cm³/mol. The Kier molecular flexibility index (Phi) is 10.4. The van der Waals surface area contributed by atoms with Crippen molar-refractivity contribution < 1.29 is 45.8 Å². The summed E-state index contributed by atoms with van der Waals surface area (Å²) < 4.78 is 64.9. The van der Waals surface area contributed by atoms with E-state index in [0.717, 1.165) is 17.3 Å². The fourth-order valence-electron chi connectivity index (χ4n) is 3.15. The molecular weight excluding hydrogens is 522 g/mol. The highest BCUT2D eigenvalue weighted by Gasteiger charge is 2.32. The van der Waals surface area contributed by atoms with Crippen molar-refractivity contribution in [3.63, 3.8) is 0 Å². The van der Waals surface area contributed by atoms with Gasteiger partial charge in [-0.3, -0.25) is 14.9 Å². The van der Waals surface area contributed by atoms with Gasteiger partial charge >= 0.3 is 15.0 Å². The van der Waals surface area contributed by atoms with Crippen LogP contribution in [0.4, 0.5) is 18.0 Å². The third kappa shape index (κ3) is 8.94. The second-order valence-corrected chi connectivity index (χ2v) is 9.67. The molecule has 2 atom stereocenters. The smallest absolute Gasteiger partial charge is 0.491 e. The van der Waals surface area contributed by atoms with Crippen LogP contribution in [0.1, 0.15) is 31.1 Å². The zero-order valence-electron chi connectivity index (χ0n) is 19.4. The van der Waals surface area contributed by atoms with Crippen molar-refractivity contribution in [2.45, 2.75) is 38.0 Å². The van der Waals surface area contributed by atoms with Gasteiger partial charge in [0, 0.05) is 0 Å². The number of amides is 2. The number of nitrogens with one attached hydrogen (secondary N) is 1. The number of carbonyl (C=O) groups excluding carboxylic acids is 2. The summed E-state index contributed by atoms with van der Waals surface area (Å²) in [5, 5.41) is 1.41. The Morgan fingerprint density at radius 2 is 1.72 bits per heavy atom. The van der Waals surface area contributed by atoms with Crippen LogP contribution >= 0.6 is 20.4 Å². The maximum atomic E-state index is 12.7. The summed E-state index contributed by atoms with van der Waals surface area (Å²) >= 11 is 0.953. The average molecular weight is 547 g/mol. The van der Waals surface area contributed by atoms with Gasteiger partial charge in [-0.05, 0) is 55.7 Å². The van der Waals surface area contributed by atoms with E-state index in [9.17, 15) is 22.8 Å². The van der Waals surface area contributed by atoms with Crippen LogP contribution in [-0.2, 0) is 24.8 Å².